The average molecular weight is 521 g/mol. The number of nitrogens with one attached hydrogen (secondary N) is 1. The first-order valence-electron chi connectivity index (χ1n) is 12.0. The number of allylic oxidation sites excluding steroid dienone is 1. The number of methoxy groups -OCH3 is 1. The quantitative estimate of drug-likeness (QED) is 0.208. The molecule has 1 aromatic carbocycles. The number of nitrogens with zero attached hydrogens (tertiary/aromatic N) is 5. The third-order valence-corrected chi connectivity index (χ3v) is 3.75. The van der Waals surface area contributed by atoms with Crippen LogP contribution >= 0.6 is 11.6 Å². The number of benzene rings is 1. The highest BCUT2D eigenvalue weighted by Gasteiger charge is 2.19. The van der Waals surface area contributed by atoms with Crippen LogP contribution in [0.2, 0.25) is 5.28 Å². The molecule has 0 aliphatic carbocycles. The molecule has 0 fully saturated rings. The van der Waals surface area contributed by atoms with Gasteiger partial charge in [-0.15, -0.1) is 6.58 Å². The number of halogens is 1. The Morgan fingerprint density at radius 1 is 1.17 bits per heavy atom. The molecule has 0 saturated carbocycles. The summed E-state index contributed by atoms with van der Waals surface area (Å²) in [5, 5.41) is 7.36. The lowest BCUT2D eigenvalue weighted by Crippen LogP contribution is -2.11. The molecule has 0 radical (unpaired) electrons. The van der Waals surface area contributed by atoms with E-state index in [-0.39, 0.29) is 23.3 Å². The SMILES string of the molecule is C=CC.CC.CC.CC.CCOC(=O)c1cnc(Cl)nc1Nc1cccc(-c2ncn(C)n2)c1OC. The standard InChI is InChI=1S/C17H17ClN6O3.C3H6.3C2H6/c1-4-27-16(25)11-8-19-17(18)22-15(11)21-12-7-5-6-10(13(12)26-3)14-20-9-24(2)23-14;1-3-2;3*1-2/h5-9H,4H2,1-3H3,(H,19,21,22);3H,1H2,2H3;3*1-2H3. The first-order chi connectivity index (χ1) is 17.4. The van der Waals surface area contributed by atoms with Gasteiger partial charge in [0.05, 0.1) is 25.0 Å². The van der Waals surface area contributed by atoms with Gasteiger partial charge < -0.3 is 14.8 Å². The molecule has 0 atom stereocenters. The Labute approximate surface area is 220 Å². The number of hydrogen-bond acceptors (Lipinski definition) is 8. The Kier molecular flexibility index (Phi) is 20.1. The molecule has 3 rings (SSSR count). The van der Waals surface area contributed by atoms with Crippen LogP contribution < -0.4 is 10.1 Å². The summed E-state index contributed by atoms with van der Waals surface area (Å²) >= 11 is 5.90. The second-order valence-electron chi connectivity index (χ2n) is 5.78. The monoisotopic (exact) mass is 520 g/mol. The van der Waals surface area contributed by atoms with Crippen LogP contribution in [0.25, 0.3) is 11.4 Å². The Morgan fingerprint density at radius 2 is 1.78 bits per heavy atom. The molecule has 200 valence electrons. The summed E-state index contributed by atoms with van der Waals surface area (Å²) < 4.78 is 12.2. The van der Waals surface area contributed by atoms with E-state index < -0.39 is 5.97 Å². The summed E-state index contributed by atoms with van der Waals surface area (Å²) in [6, 6.07) is 5.41. The minimum atomic E-state index is -0.557. The fraction of sp³-hybridized carbons (Fsp3) is 0.423. The molecule has 2 aromatic heterocycles. The van der Waals surface area contributed by atoms with Crippen molar-refractivity contribution in [2.24, 2.45) is 7.05 Å². The number of esters is 1. The first-order valence-corrected chi connectivity index (χ1v) is 12.4. The maximum absolute atomic E-state index is 12.2. The zero-order valence-corrected chi connectivity index (χ0v) is 24.0. The molecule has 9 nitrogen and oxygen atoms in total. The number of carbonyl (C=O) groups excluding carboxylic acids is 1. The predicted octanol–water partition coefficient (Wildman–Crippen LogP) is 7.13. The third kappa shape index (κ3) is 10.9. The number of carbonyl (C=O) groups is 1. The van der Waals surface area contributed by atoms with Gasteiger partial charge in [-0.1, -0.05) is 53.7 Å². The van der Waals surface area contributed by atoms with E-state index in [0.717, 1.165) is 0 Å². The normalized spacial score (nSPS) is 8.75. The summed E-state index contributed by atoms with van der Waals surface area (Å²) in [7, 11) is 3.31. The molecule has 0 aliphatic heterocycles. The van der Waals surface area contributed by atoms with Crippen molar-refractivity contribution >= 4 is 29.1 Å². The Balaban J connectivity index is 0. The minimum Gasteiger partial charge on any atom is -0.494 e. The van der Waals surface area contributed by atoms with Gasteiger partial charge in [0.15, 0.2) is 11.6 Å². The number of hydrogen-bond donors (Lipinski definition) is 1. The number of anilines is 2. The Bertz CT molecular complexity index is 1020. The van der Waals surface area contributed by atoms with Crippen LogP contribution in [0.15, 0.2) is 43.4 Å². The van der Waals surface area contributed by atoms with Crippen molar-refractivity contribution in [3.63, 3.8) is 0 Å². The summed E-state index contributed by atoms with van der Waals surface area (Å²) in [6.07, 6.45) is 4.66. The largest absolute Gasteiger partial charge is 0.494 e. The summed E-state index contributed by atoms with van der Waals surface area (Å²) in [5.41, 5.74) is 1.40. The molecule has 3 aromatic rings. The smallest absolute Gasteiger partial charge is 0.343 e. The molecule has 0 amide bonds. The van der Waals surface area contributed by atoms with E-state index in [9.17, 15) is 4.79 Å². The average Bonchev–Trinajstić information content (AvgIpc) is 3.34. The lowest BCUT2D eigenvalue weighted by Gasteiger charge is -2.15. The molecule has 1 N–H and O–H groups in total. The molecule has 10 heteroatoms. The van der Waals surface area contributed by atoms with E-state index in [1.807, 2.05) is 60.6 Å². The molecule has 2 heterocycles. The van der Waals surface area contributed by atoms with Crippen molar-refractivity contribution in [3.8, 4) is 17.1 Å². The van der Waals surface area contributed by atoms with Crippen LogP contribution in [0.1, 0.15) is 65.7 Å². The zero-order valence-electron chi connectivity index (χ0n) is 23.2. The van der Waals surface area contributed by atoms with E-state index in [1.165, 1.54) is 13.3 Å². The van der Waals surface area contributed by atoms with Gasteiger partial charge in [-0.3, -0.25) is 4.68 Å². The third-order valence-electron chi connectivity index (χ3n) is 3.57. The van der Waals surface area contributed by atoms with E-state index in [2.05, 4.69) is 31.9 Å². The van der Waals surface area contributed by atoms with Crippen LogP contribution in [-0.2, 0) is 11.8 Å². The van der Waals surface area contributed by atoms with Crippen LogP contribution in [0.5, 0.6) is 5.75 Å². The fourth-order valence-electron chi connectivity index (χ4n) is 2.44. The highest BCUT2D eigenvalue weighted by Crippen LogP contribution is 2.36. The lowest BCUT2D eigenvalue weighted by molar-refractivity contribution is 0.0526. The van der Waals surface area contributed by atoms with Crippen molar-refractivity contribution < 1.29 is 14.3 Å². The number of para-hydroxylation sites is 1. The highest BCUT2D eigenvalue weighted by atomic mass is 35.5. The zero-order chi connectivity index (χ0) is 28.1. The number of aryl methyl sites for hydroxylation is 1. The van der Waals surface area contributed by atoms with Gasteiger partial charge in [0.2, 0.25) is 5.28 Å². The van der Waals surface area contributed by atoms with E-state index >= 15 is 0 Å². The molecule has 0 saturated heterocycles. The maximum Gasteiger partial charge on any atom is 0.343 e. The second kappa shape index (κ2) is 20.9. The number of aromatic nitrogens is 5. The van der Waals surface area contributed by atoms with E-state index in [1.54, 1.807) is 37.1 Å². The molecule has 0 aliphatic rings. The topological polar surface area (TPSA) is 104 Å². The fourth-order valence-corrected chi connectivity index (χ4v) is 2.57. The van der Waals surface area contributed by atoms with Crippen molar-refractivity contribution in [1.29, 1.82) is 0 Å². The Hall–Kier alpha value is -3.46. The van der Waals surface area contributed by atoms with Gasteiger partial charge in [-0.25, -0.2) is 14.8 Å². The van der Waals surface area contributed by atoms with E-state index in [4.69, 9.17) is 21.1 Å². The van der Waals surface area contributed by atoms with Gasteiger partial charge >= 0.3 is 5.97 Å². The van der Waals surface area contributed by atoms with Gasteiger partial charge in [0.1, 0.15) is 17.7 Å². The molecule has 0 unspecified atom stereocenters. The van der Waals surface area contributed by atoms with Gasteiger partial charge in [0.25, 0.3) is 0 Å². The van der Waals surface area contributed by atoms with Crippen molar-refractivity contribution in [2.45, 2.75) is 55.4 Å². The summed E-state index contributed by atoms with van der Waals surface area (Å²) in [6.45, 7) is 19.2. The predicted molar refractivity (Wildman–Crippen MR) is 149 cm³/mol. The van der Waals surface area contributed by atoms with E-state index in [0.29, 0.717) is 22.8 Å². The maximum atomic E-state index is 12.2. The second-order valence-corrected chi connectivity index (χ2v) is 6.12. The first kappa shape index (κ1) is 34.7. The van der Waals surface area contributed by atoms with Crippen LogP contribution in [0.3, 0.4) is 0 Å². The van der Waals surface area contributed by atoms with Crippen LogP contribution in [-0.4, -0.2) is 44.4 Å². The van der Waals surface area contributed by atoms with Gasteiger partial charge in [0, 0.05) is 13.2 Å². The molecular weight excluding hydrogens is 480 g/mol. The lowest BCUT2D eigenvalue weighted by atomic mass is 10.1. The summed E-state index contributed by atoms with van der Waals surface area (Å²) in [4.78, 5) is 24.4. The molecular formula is C26H41ClN6O3. The van der Waals surface area contributed by atoms with Gasteiger partial charge in [-0.2, -0.15) is 10.1 Å². The van der Waals surface area contributed by atoms with Crippen molar-refractivity contribution in [1.82, 2.24) is 24.7 Å². The number of rotatable bonds is 6. The number of ether oxygens (including phenoxy) is 2. The van der Waals surface area contributed by atoms with Crippen molar-refractivity contribution in [2.75, 3.05) is 19.0 Å². The highest BCUT2D eigenvalue weighted by molar-refractivity contribution is 6.28. The Morgan fingerprint density at radius 3 is 2.28 bits per heavy atom. The molecule has 0 spiro atoms. The van der Waals surface area contributed by atoms with Crippen LogP contribution in [0.4, 0.5) is 11.5 Å². The summed E-state index contributed by atoms with van der Waals surface area (Å²) in [5.74, 6) is 0.647. The van der Waals surface area contributed by atoms with Crippen molar-refractivity contribution in [3.05, 3.63) is 54.2 Å². The van der Waals surface area contributed by atoms with Gasteiger partial charge in [-0.05, 0) is 37.6 Å². The molecule has 0 bridgehead atoms. The minimum absolute atomic E-state index is 0.00735. The van der Waals surface area contributed by atoms with Crippen LogP contribution in [0, 0.1) is 0 Å². The molecule has 36 heavy (non-hydrogen) atoms.